The lowest BCUT2D eigenvalue weighted by atomic mass is 10.1. The fourth-order valence-electron chi connectivity index (χ4n) is 3.08. The number of anilines is 1. The van der Waals surface area contributed by atoms with E-state index >= 15 is 0 Å². The van der Waals surface area contributed by atoms with Gasteiger partial charge in [0.05, 0.1) is 22.8 Å². The zero-order chi connectivity index (χ0) is 15.0. The van der Waals surface area contributed by atoms with E-state index in [2.05, 4.69) is 43.6 Å². The fourth-order valence-corrected chi connectivity index (χ4v) is 4.42. The number of hydrogen-bond acceptors (Lipinski definition) is 4. The van der Waals surface area contributed by atoms with Crippen LogP contribution in [0.4, 0.5) is 5.00 Å². The van der Waals surface area contributed by atoms with Gasteiger partial charge in [0, 0.05) is 25.2 Å². The van der Waals surface area contributed by atoms with E-state index in [1.807, 2.05) is 17.4 Å². The first kappa shape index (κ1) is 14.7. The molecule has 0 saturated carbocycles. The molecule has 0 saturated heterocycles. The standard InChI is InChI=1S/C17H24N2OS/c1-5-19-11-18(9-12(2)3)10-14-13(4)16(21-17(14)19)15-7-6-8-20-15/h6-8,12H,5,9-11H2,1-4H3. The van der Waals surface area contributed by atoms with E-state index in [0.717, 1.165) is 32.1 Å². The first-order chi connectivity index (χ1) is 10.1. The van der Waals surface area contributed by atoms with Crippen molar-refractivity contribution in [2.45, 2.75) is 34.2 Å². The Kier molecular flexibility index (Phi) is 4.09. The number of fused-ring (bicyclic) bond motifs is 1. The molecular formula is C17H24N2OS. The number of hydrogen-bond donors (Lipinski definition) is 0. The molecular weight excluding hydrogens is 280 g/mol. The molecule has 1 aliphatic heterocycles. The molecule has 2 aromatic rings. The van der Waals surface area contributed by atoms with Gasteiger partial charge in [0.1, 0.15) is 5.76 Å². The van der Waals surface area contributed by atoms with Crippen molar-refractivity contribution in [2.24, 2.45) is 5.92 Å². The van der Waals surface area contributed by atoms with Crippen LogP contribution in [0.2, 0.25) is 0 Å². The number of thiophene rings is 1. The SMILES string of the molecule is CCN1CN(CC(C)C)Cc2c1sc(-c1ccco1)c2C. The molecule has 0 N–H and O–H groups in total. The Labute approximate surface area is 131 Å². The molecule has 0 aliphatic carbocycles. The minimum Gasteiger partial charge on any atom is -0.464 e. The van der Waals surface area contributed by atoms with Gasteiger partial charge in [-0.1, -0.05) is 13.8 Å². The summed E-state index contributed by atoms with van der Waals surface area (Å²) in [5, 5.41) is 1.43. The Morgan fingerprint density at radius 3 is 2.81 bits per heavy atom. The molecule has 0 spiro atoms. The highest BCUT2D eigenvalue weighted by Gasteiger charge is 2.28. The Bertz CT molecular complexity index is 601. The summed E-state index contributed by atoms with van der Waals surface area (Å²) in [5.41, 5.74) is 2.87. The van der Waals surface area contributed by atoms with Crippen LogP contribution in [0.25, 0.3) is 10.6 Å². The van der Waals surface area contributed by atoms with Crippen LogP contribution >= 0.6 is 11.3 Å². The summed E-state index contributed by atoms with van der Waals surface area (Å²) >= 11 is 1.88. The van der Waals surface area contributed by atoms with E-state index in [-0.39, 0.29) is 0 Å². The lowest BCUT2D eigenvalue weighted by Gasteiger charge is -2.37. The molecule has 21 heavy (non-hydrogen) atoms. The molecule has 3 heterocycles. The summed E-state index contributed by atoms with van der Waals surface area (Å²) in [6.07, 6.45) is 1.76. The first-order valence-electron chi connectivity index (χ1n) is 7.73. The third kappa shape index (κ3) is 2.74. The molecule has 4 heteroatoms. The van der Waals surface area contributed by atoms with Gasteiger partial charge >= 0.3 is 0 Å². The predicted octanol–water partition coefficient (Wildman–Crippen LogP) is 4.57. The van der Waals surface area contributed by atoms with Crippen LogP contribution < -0.4 is 4.90 Å². The van der Waals surface area contributed by atoms with Crippen molar-refractivity contribution >= 4 is 16.3 Å². The van der Waals surface area contributed by atoms with Crippen LogP contribution in [-0.2, 0) is 6.54 Å². The van der Waals surface area contributed by atoms with Gasteiger partial charge in [-0.25, -0.2) is 0 Å². The van der Waals surface area contributed by atoms with Gasteiger partial charge in [-0.2, -0.15) is 0 Å². The lowest BCUT2D eigenvalue weighted by Crippen LogP contribution is -2.43. The molecule has 0 amide bonds. The van der Waals surface area contributed by atoms with E-state index in [1.165, 1.54) is 21.0 Å². The second-order valence-corrected chi connectivity index (χ2v) is 7.22. The topological polar surface area (TPSA) is 19.6 Å². The highest BCUT2D eigenvalue weighted by Crippen LogP contribution is 2.44. The summed E-state index contributed by atoms with van der Waals surface area (Å²) in [6.45, 7) is 13.4. The third-order valence-corrected chi connectivity index (χ3v) is 5.45. The van der Waals surface area contributed by atoms with Crippen molar-refractivity contribution in [1.82, 2.24) is 4.90 Å². The zero-order valence-corrected chi connectivity index (χ0v) is 14.2. The molecule has 0 unspecified atom stereocenters. The van der Waals surface area contributed by atoms with Crippen molar-refractivity contribution in [3.8, 4) is 10.6 Å². The Balaban J connectivity index is 1.97. The van der Waals surface area contributed by atoms with Crippen LogP contribution in [0.3, 0.4) is 0 Å². The molecule has 3 nitrogen and oxygen atoms in total. The van der Waals surface area contributed by atoms with Crippen molar-refractivity contribution < 1.29 is 4.42 Å². The van der Waals surface area contributed by atoms with Gasteiger partial charge in [0.25, 0.3) is 0 Å². The van der Waals surface area contributed by atoms with Crippen LogP contribution in [-0.4, -0.2) is 24.7 Å². The zero-order valence-electron chi connectivity index (χ0n) is 13.3. The average molecular weight is 304 g/mol. The van der Waals surface area contributed by atoms with E-state index in [0.29, 0.717) is 5.92 Å². The van der Waals surface area contributed by atoms with Crippen molar-refractivity contribution in [3.05, 3.63) is 29.5 Å². The maximum atomic E-state index is 5.62. The van der Waals surface area contributed by atoms with Crippen LogP contribution in [0.1, 0.15) is 31.9 Å². The number of nitrogens with zero attached hydrogens (tertiary/aromatic N) is 2. The van der Waals surface area contributed by atoms with Crippen LogP contribution in [0.5, 0.6) is 0 Å². The van der Waals surface area contributed by atoms with Gasteiger partial charge < -0.3 is 9.32 Å². The van der Waals surface area contributed by atoms with Crippen molar-refractivity contribution in [1.29, 1.82) is 0 Å². The van der Waals surface area contributed by atoms with Gasteiger partial charge in [-0.15, -0.1) is 11.3 Å². The van der Waals surface area contributed by atoms with E-state index in [9.17, 15) is 0 Å². The summed E-state index contributed by atoms with van der Waals surface area (Å²) in [4.78, 5) is 6.34. The molecule has 0 bridgehead atoms. The molecule has 0 fully saturated rings. The summed E-state index contributed by atoms with van der Waals surface area (Å²) in [6, 6.07) is 4.03. The quantitative estimate of drug-likeness (QED) is 0.825. The molecule has 3 rings (SSSR count). The average Bonchev–Trinajstić information content (AvgIpc) is 3.06. The van der Waals surface area contributed by atoms with Crippen molar-refractivity contribution in [2.75, 3.05) is 24.7 Å². The van der Waals surface area contributed by atoms with Gasteiger partial charge in [0.2, 0.25) is 0 Å². The molecule has 0 aromatic carbocycles. The van der Waals surface area contributed by atoms with Gasteiger partial charge in [-0.3, -0.25) is 4.90 Å². The summed E-state index contributed by atoms with van der Waals surface area (Å²) in [7, 11) is 0. The third-order valence-electron chi connectivity index (χ3n) is 4.04. The Morgan fingerprint density at radius 1 is 1.38 bits per heavy atom. The second kappa shape index (κ2) is 5.85. The maximum Gasteiger partial charge on any atom is 0.144 e. The number of rotatable bonds is 4. The van der Waals surface area contributed by atoms with Crippen molar-refractivity contribution in [3.63, 3.8) is 0 Å². The molecule has 114 valence electrons. The highest BCUT2D eigenvalue weighted by atomic mass is 32.1. The summed E-state index contributed by atoms with van der Waals surface area (Å²) < 4.78 is 5.62. The molecule has 0 radical (unpaired) electrons. The van der Waals surface area contributed by atoms with Gasteiger partial charge in [0.15, 0.2) is 0 Å². The smallest absolute Gasteiger partial charge is 0.144 e. The summed E-state index contributed by atoms with van der Waals surface area (Å²) in [5.74, 6) is 1.70. The maximum absolute atomic E-state index is 5.62. The molecule has 1 aliphatic rings. The first-order valence-corrected chi connectivity index (χ1v) is 8.55. The van der Waals surface area contributed by atoms with Crippen LogP contribution in [0.15, 0.2) is 22.8 Å². The minimum absolute atomic E-state index is 0.703. The number of furan rings is 1. The monoisotopic (exact) mass is 304 g/mol. The normalized spacial score (nSPS) is 15.8. The largest absolute Gasteiger partial charge is 0.464 e. The molecule has 0 atom stereocenters. The van der Waals surface area contributed by atoms with E-state index < -0.39 is 0 Å². The fraction of sp³-hybridized carbons (Fsp3) is 0.529. The Hall–Kier alpha value is -1.26. The Morgan fingerprint density at radius 2 is 2.19 bits per heavy atom. The lowest BCUT2D eigenvalue weighted by molar-refractivity contribution is 0.226. The minimum atomic E-state index is 0.703. The van der Waals surface area contributed by atoms with E-state index in [1.54, 1.807) is 6.26 Å². The second-order valence-electron chi connectivity index (χ2n) is 6.22. The highest BCUT2D eigenvalue weighted by molar-refractivity contribution is 7.19. The van der Waals surface area contributed by atoms with Gasteiger partial charge in [-0.05, 0) is 37.5 Å². The molecule has 2 aromatic heterocycles. The van der Waals surface area contributed by atoms with Crippen LogP contribution in [0, 0.1) is 12.8 Å². The van der Waals surface area contributed by atoms with E-state index in [4.69, 9.17) is 4.42 Å². The predicted molar refractivity (Wildman–Crippen MR) is 89.9 cm³/mol.